The molecule has 0 fully saturated rings. The first-order valence-corrected chi connectivity index (χ1v) is 4.59. The highest BCUT2D eigenvalue weighted by Gasteiger charge is 1.97. The summed E-state index contributed by atoms with van der Waals surface area (Å²) in [5.41, 5.74) is 2.78. The van der Waals surface area contributed by atoms with E-state index in [0.717, 1.165) is 12.3 Å². The summed E-state index contributed by atoms with van der Waals surface area (Å²) in [5, 5.41) is 0. The van der Waals surface area contributed by atoms with Gasteiger partial charge in [0.25, 0.3) is 0 Å². The van der Waals surface area contributed by atoms with E-state index in [4.69, 9.17) is 0 Å². The molecule has 0 heteroatoms. The Balaban J connectivity index is 2.72. The van der Waals surface area contributed by atoms with Crippen molar-refractivity contribution in [1.82, 2.24) is 0 Å². The molecule has 0 aliphatic rings. The normalized spacial score (nSPS) is 10.7. The van der Waals surface area contributed by atoms with Crippen molar-refractivity contribution in [3.8, 4) is 0 Å². The van der Waals surface area contributed by atoms with E-state index in [1.54, 1.807) is 0 Å². The van der Waals surface area contributed by atoms with Crippen molar-refractivity contribution < 1.29 is 0 Å². The second-order valence-corrected chi connectivity index (χ2v) is 3.67. The molecule has 0 unspecified atom stereocenters. The van der Waals surface area contributed by atoms with Crippen LogP contribution in [0.5, 0.6) is 0 Å². The lowest BCUT2D eigenvalue weighted by molar-refractivity contribution is 0.647. The lowest BCUT2D eigenvalue weighted by Crippen LogP contribution is -1.94. The summed E-state index contributed by atoms with van der Waals surface area (Å²) in [6.45, 7) is 8.37. The van der Waals surface area contributed by atoms with Crippen LogP contribution < -0.4 is 0 Å². The molecule has 0 nitrogen and oxygen atoms in total. The van der Waals surface area contributed by atoms with Gasteiger partial charge >= 0.3 is 0 Å². The molecule has 1 rings (SSSR count). The Labute approximate surface area is 75.6 Å². The fourth-order valence-electron chi connectivity index (χ4n) is 1.38. The summed E-state index contributed by atoms with van der Waals surface area (Å²) in [7, 11) is 0. The molecule has 0 amide bonds. The number of hydrogen-bond acceptors (Lipinski definition) is 0. The first-order chi connectivity index (χ1) is 5.72. The topological polar surface area (TPSA) is 0 Å². The molecular weight excluding hydrogens is 144 g/mol. The van der Waals surface area contributed by atoms with Gasteiger partial charge in [-0.25, -0.2) is 0 Å². The molecule has 0 aliphatic carbocycles. The highest BCUT2D eigenvalue weighted by atomic mass is 14.0. The van der Waals surface area contributed by atoms with Gasteiger partial charge in [0.05, 0.1) is 0 Å². The van der Waals surface area contributed by atoms with Crippen LogP contribution in [-0.4, -0.2) is 0 Å². The van der Waals surface area contributed by atoms with Gasteiger partial charge in [0, 0.05) is 0 Å². The van der Waals surface area contributed by atoms with E-state index in [9.17, 15) is 0 Å². The minimum Gasteiger partial charge on any atom is -0.0625 e. The lowest BCUT2D eigenvalue weighted by Gasteiger charge is -2.05. The zero-order valence-corrected chi connectivity index (χ0v) is 8.01. The smallest absolute Gasteiger partial charge is 0.0256 e. The zero-order chi connectivity index (χ0) is 8.97. The SMILES string of the molecule is [CH2]Cc1cccc(CC(C)C)c1. The molecule has 12 heavy (non-hydrogen) atoms. The van der Waals surface area contributed by atoms with E-state index < -0.39 is 0 Å². The maximum Gasteiger partial charge on any atom is -0.0256 e. The fraction of sp³-hybridized carbons (Fsp3) is 0.417. The van der Waals surface area contributed by atoms with Crippen LogP contribution in [0.1, 0.15) is 25.0 Å². The predicted octanol–water partition coefficient (Wildman–Crippen LogP) is 3.26. The predicted molar refractivity (Wildman–Crippen MR) is 54.0 cm³/mol. The Bertz CT molecular complexity index is 236. The third kappa shape index (κ3) is 2.69. The Morgan fingerprint density at radius 3 is 2.50 bits per heavy atom. The Kier molecular flexibility index (Phi) is 3.33. The second-order valence-electron chi connectivity index (χ2n) is 3.67. The summed E-state index contributed by atoms with van der Waals surface area (Å²) in [6, 6.07) is 8.71. The lowest BCUT2D eigenvalue weighted by atomic mass is 10.0. The van der Waals surface area contributed by atoms with Gasteiger partial charge in [0.15, 0.2) is 0 Å². The van der Waals surface area contributed by atoms with Crippen molar-refractivity contribution in [2.24, 2.45) is 5.92 Å². The Morgan fingerprint density at radius 2 is 1.92 bits per heavy atom. The van der Waals surface area contributed by atoms with Crippen LogP contribution in [0.15, 0.2) is 24.3 Å². The van der Waals surface area contributed by atoms with Crippen LogP contribution in [0.4, 0.5) is 0 Å². The van der Waals surface area contributed by atoms with Gasteiger partial charge in [0.2, 0.25) is 0 Å². The van der Waals surface area contributed by atoms with Gasteiger partial charge in [-0.3, -0.25) is 0 Å². The largest absolute Gasteiger partial charge is 0.0625 e. The van der Waals surface area contributed by atoms with Gasteiger partial charge in [0.1, 0.15) is 0 Å². The van der Waals surface area contributed by atoms with E-state index in [1.807, 2.05) is 0 Å². The van der Waals surface area contributed by atoms with Gasteiger partial charge in [-0.05, 0) is 36.8 Å². The quantitative estimate of drug-likeness (QED) is 0.638. The van der Waals surface area contributed by atoms with Gasteiger partial charge < -0.3 is 0 Å². The molecule has 0 aliphatic heterocycles. The molecule has 0 atom stereocenters. The van der Waals surface area contributed by atoms with E-state index in [1.165, 1.54) is 17.5 Å². The first kappa shape index (κ1) is 9.31. The molecule has 1 aromatic carbocycles. The van der Waals surface area contributed by atoms with E-state index in [-0.39, 0.29) is 0 Å². The summed E-state index contributed by atoms with van der Waals surface area (Å²) in [6.07, 6.45) is 2.07. The Morgan fingerprint density at radius 1 is 1.25 bits per heavy atom. The van der Waals surface area contributed by atoms with Crippen molar-refractivity contribution in [1.29, 1.82) is 0 Å². The van der Waals surface area contributed by atoms with E-state index in [2.05, 4.69) is 45.0 Å². The molecule has 0 saturated carbocycles. The van der Waals surface area contributed by atoms with Gasteiger partial charge in [-0.2, -0.15) is 0 Å². The van der Waals surface area contributed by atoms with Crippen molar-refractivity contribution in [2.75, 3.05) is 0 Å². The number of hydrogen-bond donors (Lipinski definition) is 0. The molecule has 0 bridgehead atoms. The molecule has 0 spiro atoms. The summed E-state index contributed by atoms with van der Waals surface area (Å²) in [4.78, 5) is 0. The van der Waals surface area contributed by atoms with Gasteiger partial charge in [-0.15, -0.1) is 0 Å². The monoisotopic (exact) mass is 161 g/mol. The second kappa shape index (κ2) is 4.30. The zero-order valence-electron chi connectivity index (χ0n) is 8.01. The fourth-order valence-corrected chi connectivity index (χ4v) is 1.38. The Hall–Kier alpha value is -0.780. The average Bonchev–Trinajstić information content (AvgIpc) is 2.03. The molecular formula is C12H17. The molecule has 1 radical (unpaired) electrons. The van der Waals surface area contributed by atoms with Crippen LogP contribution in [0.25, 0.3) is 0 Å². The van der Waals surface area contributed by atoms with Crippen LogP contribution in [-0.2, 0) is 12.8 Å². The minimum absolute atomic E-state index is 0.741. The molecule has 65 valence electrons. The van der Waals surface area contributed by atoms with Crippen LogP contribution in [0.2, 0.25) is 0 Å². The van der Waals surface area contributed by atoms with E-state index in [0.29, 0.717) is 0 Å². The minimum atomic E-state index is 0.741. The van der Waals surface area contributed by atoms with Crippen molar-refractivity contribution in [3.05, 3.63) is 42.3 Å². The van der Waals surface area contributed by atoms with Crippen LogP contribution in [0.3, 0.4) is 0 Å². The van der Waals surface area contributed by atoms with Gasteiger partial charge in [-0.1, -0.05) is 38.1 Å². The molecule has 1 aromatic rings. The maximum atomic E-state index is 3.88. The van der Waals surface area contributed by atoms with Crippen molar-refractivity contribution >= 4 is 0 Å². The molecule has 0 saturated heterocycles. The average molecular weight is 161 g/mol. The van der Waals surface area contributed by atoms with Crippen LogP contribution in [0, 0.1) is 12.8 Å². The maximum absolute atomic E-state index is 3.88. The van der Waals surface area contributed by atoms with Crippen molar-refractivity contribution in [2.45, 2.75) is 26.7 Å². The molecule has 0 heterocycles. The first-order valence-electron chi connectivity index (χ1n) is 4.59. The summed E-state index contributed by atoms with van der Waals surface area (Å²) < 4.78 is 0. The van der Waals surface area contributed by atoms with Crippen LogP contribution >= 0.6 is 0 Å². The number of benzene rings is 1. The summed E-state index contributed by atoms with van der Waals surface area (Å²) >= 11 is 0. The van der Waals surface area contributed by atoms with Crippen molar-refractivity contribution in [3.63, 3.8) is 0 Å². The standard InChI is InChI=1S/C12H17/c1-4-11-6-5-7-12(9-11)8-10(2)3/h5-7,9-10H,1,4,8H2,2-3H3. The summed E-state index contributed by atoms with van der Waals surface area (Å²) in [5.74, 6) is 0.741. The molecule has 0 N–H and O–H groups in total. The third-order valence-electron chi connectivity index (χ3n) is 1.92. The highest BCUT2D eigenvalue weighted by Crippen LogP contribution is 2.10. The number of rotatable bonds is 3. The highest BCUT2D eigenvalue weighted by molar-refractivity contribution is 5.24. The third-order valence-corrected chi connectivity index (χ3v) is 1.92. The molecule has 0 aromatic heterocycles. The van der Waals surface area contributed by atoms with E-state index >= 15 is 0 Å².